The van der Waals surface area contributed by atoms with Crippen LogP contribution < -0.4 is 10.9 Å². The third-order valence-corrected chi connectivity index (χ3v) is 3.78. The molecule has 0 radical (unpaired) electrons. The van der Waals surface area contributed by atoms with Crippen LogP contribution in [0.25, 0.3) is 6.08 Å². The smallest absolute Gasteiger partial charge is 0.262 e. The Balaban J connectivity index is 1.69. The van der Waals surface area contributed by atoms with Gasteiger partial charge in [0.1, 0.15) is 5.76 Å². The number of hydrogen-bond acceptors (Lipinski definition) is 3. The summed E-state index contributed by atoms with van der Waals surface area (Å²) in [6.07, 6.45) is 4.33. The monoisotopic (exact) mass is 346 g/mol. The molecule has 3 rings (SSSR count). The molecule has 5 heteroatoms. The second-order valence-electron chi connectivity index (χ2n) is 5.58. The highest BCUT2D eigenvalue weighted by Gasteiger charge is 2.22. The van der Waals surface area contributed by atoms with Gasteiger partial charge in [0.05, 0.1) is 12.2 Å². The number of amides is 2. The average molecular weight is 346 g/mol. The highest BCUT2D eigenvalue weighted by atomic mass is 16.3. The molecule has 1 aromatic heterocycles. The first-order valence-electron chi connectivity index (χ1n) is 8.15. The van der Waals surface area contributed by atoms with Gasteiger partial charge < -0.3 is 4.42 Å². The van der Waals surface area contributed by atoms with Gasteiger partial charge in [0.25, 0.3) is 5.91 Å². The fourth-order valence-corrected chi connectivity index (χ4v) is 2.57. The van der Waals surface area contributed by atoms with Gasteiger partial charge in [-0.1, -0.05) is 60.7 Å². The summed E-state index contributed by atoms with van der Waals surface area (Å²) in [5.41, 5.74) is 6.58. The van der Waals surface area contributed by atoms with Crippen molar-refractivity contribution in [3.05, 3.63) is 102 Å². The van der Waals surface area contributed by atoms with Gasteiger partial charge in [-0.2, -0.15) is 0 Å². The number of nitrogens with one attached hydrogen (secondary N) is 2. The summed E-state index contributed by atoms with van der Waals surface area (Å²) in [5, 5.41) is 0. The molecular formula is C21H18N2O3. The van der Waals surface area contributed by atoms with Gasteiger partial charge >= 0.3 is 0 Å². The Morgan fingerprint density at radius 3 is 1.96 bits per heavy atom. The SMILES string of the molecule is O=C(/C=C/c1ccco1)NNC(=O)C(c1ccccc1)c1ccccc1. The molecule has 2 aromatic carbocycles. The molecule has 0 unspecified atom stereocenters. The van der Waals surface area contributed by atoms with Gasteiger partial charge in [0.15, 0.2) is 0 Å². The standard InChI is InChI=1S/C21H18N2O3/c24-19(14-13-18-12-7-15-26-18)22-23-21(25)20(16-8-3-1-4-9-16)17-10-5-2-6-11-17/h1-15,20H,(H,22,24)(H,23,25)/b14-13+. The predicted octanol–water partition coefficient (Wildman–Crippen LogP) is 3.27. The van der Waals surface area contributed by atoms with Crippen molar-refractivity contribution in [2.75, 3.05) is 0 Å². The largest absolute Gasteiger partial charge is 0.465 e. The van der Waals surface area contributed by atoms with Crippen molar-refractivity contribution in [2.45, 2.75) is 5.92 Å². The molecule has 0 bridgehead atoms. The molecule has 1 heterocycles. The molecule has 130 valence electrons. The number of hydrogen-bond donors (Lipinski definition) is 2. The van der Waals surface area contributed by atoms with Crippen molar-refractivity contribution >= 4 is 17.9 Å². The summed E-state index contributed by atoms with van der Waals surface area (Å²) in [5.74, 6) is -0.735. The van der Waals surface area contributed by atoms with Crippen molar-refractivity contribution in [3.8, 4) is 0 Å². The van der Waals surface area contributed by atoms with Crippen LogP contribution in [0, 0.1) is 0 Å². The van der Waals surface area contributed by atoms with Gasteiger partial charge in [-0.3, -0.25) is 20.4 Å². The van der Waals surface area contributed by atoms with Crippen LogP contribution in [-0.2, 0) is 9.59 Å². The van der Waals surface area contributed by atoms with E-state index >= 15 is 0 Å². The number of benzene rings is 2. The molecule has 0 saturated heterocycles. The van der Waals surface area contributed by atoms with E-state index in [1.807, 2.05) is 60.7 Å². The number of carbonyl (C=O) groups excluding carboxylic acids is 2. The molecule has 0 atom stereocenters. The second-order valence-corrected chi connectivity index (χ2v) is 5.58. The highest BCUT2D eigenvalue weighted by Crippen LogP contribution is 2.24. The highest BCUT2D eigenvalue weighted by molar-refractivity contribution is 5.94. The van der Waals surface area contributed by atoms with Crippen LogP contribution >= 0.6 is 0 Å². The molecule has 0 saturated carbocycles. The Labute approximate surface area is 151 Å². The van der Waals surface area contributed by atoms with E-state index in [4.69, 9.17) is 4.42 Å². The second kappa shape index (κ2) is 8.48. The summed E-state index contributed by atoms with van der Waals surface area (Å²) in [4.78, 5) is 24.6. The fraction of sp³-hybridized carbons (Fsp3) is 0.0476. The van der Waals surface area contributed by atoms with Crippen molar-refractivity contribution in [3.63, 3.8) is 0 Å². The molecule has 3 aromatic rings. The van der Waals surface area contributed by atoms with Gasteiger partial charge in [0.2, 0.25) is 5.91 Å². The first-order valence-corrected chi connectivity index (χ1v) is 8.15. The van der Waals surface area contributed by atoms with E-state index in [1.54, 1.807) is 12.1 Å². The maximum absolute atomic E-state index is 12.7. The normalized spacial score (nSPS) is 10.8. The quantitative estimate of drug-likeness (QED) is 0.550. The zero-order valence-electron chi connectivity index (χ0n) is 14.0. The molecule has 0 fully saturated rings. The summed E-state index contributed by atoms with van der Waals surface area (Å²) in [7, 11) is 0. The molecule has 0 aliphatic carbocycles. The lowest BCUT2D eigenvalue weighted by Gasteiger charge is -2.17. The number of carbonyl (C=O) groups is 2. The molecule has 26 heavy (non-hydrogen) atoms. The predicted molar refractivity (Wildman–Crippen MR) is 98.8 cm³/mol. The van der Waals surface area contributed by atoms with Crippen LogP contribution in [0.2, 0.25) is 0 Å². The summed E-state index contributed by atoms with van der Waals surface area (Å²) in [6.45, 7) is 0. The Hall–Kier alpha value is -3.60. The summed E-state index contributed by atoms with van der Waals surface area (Å²) < 4.78 is 5.11. The summed E-state index contributed by atoms with van der Waals surface area (Å²) >= 11 is 0. The fourth-order valence-electron chi connectivity index (χ4n) is 2.57. The first-order chi connectivity index (χ1) is 12.7. The van der Waals surface area contributed by atoms with Gasteiger partial charge in [-0.15, -0.1) is 0 Å². The van der Waals surface area contributed by atoms with Gasteiger partial charge in [-0.05, 0) is 29.3 Å². The topological polar surface area (TPSA) is 71.3 Å². The minimum Gasteiger partial charge on any atom is -0.465 e. The van der Waals surface area contributed by atoms with E-state index in [-0.39, 0.29) is 5.91 Å². The summed E-state index contributed by atoms with van der Waals surface area (Å²) in [6, 6.07) is 22.3. The van der Waals surface area contributed by atoms with Gasteiger partial charge in [-0.25, -0.2) is 0 Å². The number of furan rings is 1. The molecule has 2 N–H and O–H groups in total. The number of hydrazine groups is 1. The Bertz CT molecular complexity index is 833. The maximum atomic E-state index is 12.7. The van der Waals surface area contributed by atoms with E-state index < -0.39 is 11.8 Å². The minimum atomic E-state index is -0.522. The van der Waals surface area contributed by atoms with E-state index in [0.29, 0.717) is 5.76 Å². The lowest BCUT2D eigenvalue weighted by molar-refractivity contribution is -0.127. The van der Waals surface area contributed by atoms with E-state index in [1.165, 1.54) is 18.4 Å². The van der Waals surface area contributed by atoms with Crippen molar-refractivity contribution in [2.24, 2.45) is 0 Å². The van der Waals surface area contributed by atoms with Crippen molar-refractivity contribution in [1.29, 1.82) is 0 Å². The first kappa shape index (κ1) is 17.2. The van der Waals surface area contributed by atoms with Crippen LogP contribution in [0.15, 0.2) is 89.6 Å². The Kier molecular flexibility index (Phi) is 5.62. The van der Waals surface area contributed by atoms with Crippen LogP contribution in [0.1, 0.15) is 22.8 Å². The molecule has 2 amide bonds. The lowest BCUT2D eigenvalue weighted by Crippen LogP contribution is -2.43. The van der Waals surface area contributed by atoms with Crippen molar-refractivity contribution < 1.29 is 14.0 Å². The lowest BCUT2D eigenvalue weighted by atomic mass is 9.91. The van der Waals surface area contributed by atoms with E-state index in [0.717, 1.165) is 11.1 Å². The Morgan fingerprint density at radius 1 is 0.808 bits per heavy atom. The van der Waals surface area contributed by atoms with Crippen LogP contribution in [-0.4, -0.2) is 11.8 Å². The number of rotatable bonds is 5. The molecule has 0 spiro atoms. The molecule has 5 nitrogen and oxygen atoms in total. The molecule has 0 aliphatic heterocycles. The molecular weight excluding hydrogens is 328 g/mol. The van der Waals surface area contributed by atoms with E-state index in [2.05, 4.69) is 10.9 Å². The maximum Gasteiger partial charge on any atom is 0.262 e. The zero-order chi connectivity index (χ0) is 18.2. The average Bonchev–Trinajstić information content (AvgIpc) is 3.20. The van der Waals surface area contributed by atoms with Crippen LogP contribution in [0.3, 0.4) is 0 Å². The van der Waals surface area contributed by atoms with Gasteiger partial charge in [0, 0.05) is 6.08 Å². The van der Waals surface area contributed by atoms with Crippen LogP contribution in [0.5, 0.6) is 0 Å². The Morgan fingerprint density at radius 2 is 1.42 bits per heavy atom. The van der Waals surface area contributed by atoms with Crippen LogP contribution in [0.4, 0.5) is 0 Å². The minimum absolute atomic E-state index is 0.317. The van der Waals surface area contributed by atoms with E-state index in [9.17, 15) is 9.59 Å². The third kappa shape index (κ3) is 4.48. The third-order valence-electron chi connectivity index (χ3n) is 3.78. The molecule has 0 aliphatic rings. The zero-order valence-corrected chi connectivity index (χ0v) is 14.0. The van der Waals surface area contributed by atoms with Crippen molar-refractivity contribution in [1.82, 2.24) is 10.9 Å².